The molecule has 0 aliphatic rings. The van der Waals surface area contributed by atoms with Crippen molar-refractivity contribution >= 4 is 24.9 Å². The van der Waals surface area contributed by atoms with Crippen molar-refractivity contribution in [2.24, 2.45) is 0 Å². The van der Waals surface area contributed by atoms with E-state index in [0.717, 1.165) is 0 Å². The summed E-state index contributed by atoms with van der Waals surface area (Å²) in [5.41, 5.74) is 0. The predicted octanol–water partition coefficient (Wildman–Crippen LogP) is -0.624. The lowest BCUT2D eigenvalue weighted by Gasteiger charge is -2.36. The van der Waals surface area contributed by atoms with Gasteiger partial charge in [0.15, 0.2) is 46.8 Å². The Morgan fingerprint density at radius 3 is 0.516 bits per heavy atom. The first-order valence-electron chi connectivity index (χ1n) is 9.42. The SMILES string of the molecule is CC(O)[P+](C(C)O)(C(C)O)C(C)O.CC(O)[P+](C(C)O)(C(C)O)C(C)O.O=S(=O)([O-])[O-]. The topological polar surface area (TPSA) is 242 Å². The van der Waals surface area contributed by atoms with E-state index in [9.17, 15) is 40.9 Å². The highest BCUT2D eigenvalue weighted by Crippen LogP contribution is 2.71. The second kappa shape index (κ2) is 14.6. The molecule has 8 N–H and O–H groups in total. The third-order valence-electron chi connectivity index (χ3n) is 5.18. The van der Waals surface area contributed by atoms with Crippen LogP contribution in [0, 0.1) is 0 Å². The maximum atomic E-state index is 9.54. The van der Waals surface area contributed by atoms with E-state index in [-0.39, 0.29) is 0 Å². The van der Waals surface area contributed by atoms with Crippen LogP contribution in [0.25, 0.3) is 0 Å². The van der Waals surface area contributed by atoms with Gasteiger partial charge in [0, 0.05) is 10.4 Å². The van der Waals surface area contributed by atoms with E-state index in [1.807, 2.05) is 0 Å². The molecule has 0 rings (SSSR count). The fourth-order valence-corrected chi connectivity index (χ4v) is 11.2. The zero-order chi connectivity index (χ0) is 26.1. The van der Waals surface area contributed by atoms with Crippen LogP contribution in [0.2, 0.25) is 0 Å². The van der Waals surface area contributed by atoms with Gasteiger partial charge in [-0.25, -0.2) is 0 Å². The lowest BCUT2D eigenvalue weighted by Crippen LogP contribution is -2.34. The maximum absolute atomic E-state index is 9.54. The molecule has 0 fully saturated rings. The summed E-state index contributed by atoms with van der Waals surface area (Å²) < 4.78 is 34.1. The van der Waals surface area contributed by atoms with Gasteiger partial charge in [-0.05, 0) is 55.4 Å². The summed E-state index contributed by atoms with van der Waals surface area (Å²) in [5, 5.41) is 76.3. The Bertz CT molecular complexity index is 458. The first kappa shape index (κ1) is 36.0. The van der Waals surface area contributed by atoms with Crippen molar-refractivity contribution < 1.29 is 58.4 Å². The predicted molar refractivity (Wildman–Crippen MR) is 118 cm³/mol. The zero-order valence-corrected chi connectivity index (χ0v) is 21.7. The monoisotopic (exact) mass is 518 g/mol. The first-order chi connectivity index (χ1) is 13.5. The standard InChI is InChI=1S/2C8H20O4P.H2O4S/c2*1-5(9)13(6(2)10,7(3)11)8(4)12;1-5(2,3)4/h2*5-12H,1-4H3;(H2,1,2,3,4)/q2*+1;/p-2. The average molecular weight is 518 g/mol. The van der Waals surface area contributed by atoms with E-state index in [0.29, 0.717) is 0 Å². The minimum absolute atomic E-state index is 0.868. The van der Waals surface area contributed by atoms with Crippen LogP contribution in [0.5, 0.6) is 0 Å². The first-order valence-corrected chi connectivity index (χ1v) is 14.9. The summed E-state index contributed by atoms with van der Waals surface area (Å²) in [6, 6.07) is 0. The highest BCUT2D eigenvalue weighted by atomic mass is 32.3. The van der Waals surface area contributed by atoms with Gasteiger partial charge in [-0.15, -0.1) is 0 Å². The summed E-state index contributed by atoms with van der Waals surface area (Å²) in [4.78, 5) is 0. The molecule has 8 atom stereocenters. The number of rotatable bonds is 8. The number of aliphatic hydroxyl groups is 8. The second-order valence-electron chi connectivity index (χ2n) is 7.25. The fourth-order valence-electron chi connectivity index (χ4n) is 3.75. The molecule has 0 aromatic heterocycles. The van der Waals surface area contributed by atoms with Crippen LogP contribution in [-0.2, 0) is 10.4 Å². The van der Waals surface area contributed by atoms with Gasteiger partial charge >= 0.3 is 0 Å². The van der Waals surface area contributed by atoms with Gasteiger partial charge in [0.05, 0.1) is 0 Å². The van der Waals surface area contributed by atoms with Gasteiger partial charge < -0.3 is 50.0 Å². The molecule has 0 aliphatic heterocycles. The van der Waals surface area contributed by atoms with Crippen LogP contribution in [0.1, 0.15) is 55.4 Å². The smallest absolute Gasteiger partial charge is 0.169 e. The van der Waals surface area contributed by atoms with Crippen LogP contribution in [-0.4, -0.2) is 105 Å². The lowest BCUT2D eigenvalue weighted by atomic mass is 10.8. The van der Waals surface area contributed by atoms with E-state index in [4.69, 9.17) is 17.5 Å². The molecule has 0 saturated heterocycles. The van der Waals surface area contributed by atoms with Crippen molar-refractivity contribution in [1.82, 2.24) is 0 Å². The molecule has 0 aromatic carbocycles. The molecule has 0 aliphatic carbocycles. The molecular formula is C16H40O12P2S. The van der Waals surface area contributed by atoms with Crippen molar-refractivity contribution in [3.8, 4) is 0 Å². The van der Waals surface area contributed by atoms with Gasteiger partial charge in [-0.2, -0.15) is 0 Å². The summed E-state index contributed by atoms with van der Waals surface area (Å²) >= 11 is 0. The van der Waals surface area contributed by atoms with Gasteiger partial charge in [0.1, 0.15) is 14.5 Å². The Morgan fingerprint density at radius 1 is 0.452 bits per heavy atom. The van der Waals surface area contributed by atoms with Gasteiger partial charge in [-0.1, -0.05) is 0 Å². The van der Waals surface area contributed by atoms with Crippen molar-refractivity contribution in [2.75, 3.05) is 0 Å². The molecule has 15 heteroatoms. The van der Waals surface area contributed by atoms with Gasteiger partial charge in [0.25, 0.3) is 0 Å². The lowest BCUT2D eigenvalue weighted by molar-refractivity contribution is 0.173. The highest BCUT2D eigenvalue weighted by Gasteiger charge is 2.57. The van der Waals surface area contributed by atoms with E-state index < -0.39 is 71.7 Å². The van der Waals surface area contributed by atoms with Crippen molar-refractivity contribution in [3.63, 3.8) is 0 Å². The molecule has 0 aromatic rings. The quantitative estimate of drug-likeness (QED) is 0.114. The van der Waals surface area contributed by atoms with Crippen molar-refractivity contribution in [3.05, 3.63) is 0 Å². The normalized spacial score (nSPS) is 23.5. The number of aliphatic hydroxyl groups excluding tert-OH is 8. The zero-order valence-electron chi connectivity index (χ0n) is 19.1. The molecule has 0 heterocycles. The van der Waals surface area contributed by atoms with E-state index >= 15 is 0 Å². The van der Waals surface area contributed by atoms with Crippen molar-refractivity contribution in [2.45, 2.75) is 102 Å². The minimum Gasteiger partial charge on any atom is -0.759 e. The van der Waals surface area contributed by atoms with Crippen LogP contribution in [0.15, 0.2) is 0 Å². The van der Waals surface area contributed by atoms with Crippen LogP contribution >= 0.6 is 14.5 Å². The van der Waals surface area contributed by atoms with Crippen molar-refractivity contribution in [1.29, 1.82) is 0 Å². The molecule has 0 bridgehead atoms. The highest BCUT2D eigenvalue weighted by molar-refractivity contribution is 7.79. The molecule has 0 amide bonds. The molecule has 0 spiro atoms. The Hall–Kier alpha value is 0.410. The van der Waals surface area contributed by atoms with E-state index in [2.05, 4.69) is 0 Å². The largest absolute Gasteiger partial charge is 0.759 e. The molecule has 192 valence electrons. The van der Waals surface area contributed by atoms with Gasteiger partial charge in [0.2, 0.25) is 0 Å². The second-order valence-corrected chi connectivity index (χ2v) is 17.6. The minimum atomic E-state index is -5.17. The maximum Gasteiger partial charge on any atom is 0.169 e. The molecule has 0 radical (unpaired) electrons. The van der Waals surface area contributed by atoms with E-state index in [1.54, 1.807) is 0 Å². The Morgan fingerprint density at radius 2 is 0.516 bits per heavy atom. The van der Waals surface area contributed by atoms with Crippen LogP contribution in [0.3, 0.4) is 0 Å². The third-order valence-corrected chi connectivity index (χ3v) is 15.5. The number of hydrogen-bond acceptors (Lipinski definition) is 12. The Labute approximate surface area is 185 Å². The molecular weight excluding hydrogens is 478 g/mol. The van der Waals surface area contributed by atoms with Crippen LogP contribution < -0.4 is 0 Å². The van der Waals surface area contributed by atoms with E-state index in [1.165, 1.54) is 55.4 Å². The number of hydrogen-bond donors (Lipinski definition) is 8. The Kier molecular flexibility index (Phi) is 17.0. The third kappa shape index (κ3) is 10.5. The Balaban J connectivity index is -0.000000416. The molecule has 8 unspecified atom stereocenters. The molecule has 31 heavy (non-hydrogen) atoms. The van der Waals surface area contributed by atoms with Crippen LogP contribution in [0.4, 0.5) is 0 Å². The summed E-state index contributed by atoms with van der Waals surface area (Å²) in [7, 11) is -10.3. The summed E-state index contributed by atoms with van der Waals surface area (Å²) in [5.74, 6) is -6.94. The molecule has 12 nitrogen and oxygen atoms in total. The summed E-state index contributed by atoms with van der Waals surface area (Å²) in [6.45, 7) is 12.0. The van der Waals surface area contributed by atoms with Gasteiger partial charge in [-0.3, -0.25) is 8.42 Å². The molecule has 0 saturated carbocycles. The summed E-state index contributed by atoms with van der Waals surface area (Å²) in [6.07, 6.45) is 0. The fraction of sp³-hybridized carbons (Fsp3) is 1.00. The average Bonchev–Trinajstić information content (AvgIpc) is 2.42.